The first-order valence-electron chi connectivity index (χ1n) is 6.20. The van der Waals surface area contributed by atoms with Crippen LogP contribution in [-0.4, -0.2) is 41.1 Å². The van der Waals surface area contributed by atoms with Crippen LogP contribution >= 0.6 is 0 Å². The molecule has 6 nitrogen and oxygen atoms in total. The van der Waals surface area contributed by atoms with E-state index in [1.54, 1.807) is 29.2 Å². The molecule has 1 aliphatic carbocycles. The van der Waals surface area contributed by atoms with E-state index in [-0.39, 0.29) is 18.6 Å². The third-order valence-electron chi connectivity index (χ3n) is 2.99. The Hall–Kier alpha value is -2.08. The number of amides is 3. The van der Waals surface area contributed by atoms with Crippen molar-refractivity contribution in [2.75, 3.05) is 18.5 Å². The standard InChI is InChI=1S/C13H17N3O3/c14-13(19)15-10-3-1-9(2-4-10)12(18)16(7-8-17)11-5-6-11/h1-4,11,17H,5-8H2,(H3,14,15,19). The Morgan fingerprint density at radius 1 is 1.32 bits per heavy atom. The minimum atomic E-state index is -0.640. The third-order valence-corrected chi connectivity index (χ3v) is 2.99. The summed E-state index contributed by atoms with van der Waals surface area (Å²) in [6, 6.07) is 6.15. The van der Waals surface area contributed by atoms with Gasteiger partial charge in [0.15, 0.2) is 0 Å². The van der Waals surface area contributed by atoms with Crippen LogP contribution in [0.15, 0.2) is 24.3 Å². The summed E-state index contributed by atoms with van der Waals surface area (Å²) in [5.41, 5.74) is 6.09. The Bertz CT molecular complexity index is 469. The second-order valence-corrected chi connectivity index (χ2v) is 4.52. The van der Waals surface area contributed by atoms with Crippen molar-refractivity contribution in [3.8, 4) is 0 Å². The van der Waals surface area contributed by atoms with Gasteiger partial charge < -0.3 is 21.1 Å². The number of anilines is 1. The van der Waals surface area contributed by atoms with Gasteiger partial charge >= 0.3 is 6.03 Å². The van der Waals surface area contributed by atoms with Gasteiger partial charge in [0.1, 0.15) is 0 Å². The smallest absolute Gasteiger partial charge is 0.316 e. The maximum Gasteiger partial charge on any atom is 0.316 e. The molecule has 0 radical (unpaired) electrons. The fraction of sp³-hybridized carbons (Fsp3) is 0.385. The van der Waals surface area contributed by atoms with Crippen molar-refractivity contribution in [1.29, 1.82) is 0 Å². The van der Waals surface area contributed by atoms with Gasteiger partial charge in [0.2, 0.25) is 0 Å². The first-order chi connectivity index (χ1) is 9.11. The Labute approximate surface area is 111 Å². The average Bonchev–Trinajstić information content (AvgIpc) is 3.19. The maximum absolute atomic E-state index is 12.3. The molecule has 102 valence electrons. The molecule has 1 aromatic carbocycles. The lowest BCUT2D eigenvalue weighted by Gasteiger charge is -2.21. The molecule has 6 heteroatoms. The van der Waals surface area contributed by atoms with Crippen LogP contribution in [0.1, 0.15) is 23.2 Å². The summed E-state index contributed by atoms with van der Waals surface area (Å²) in [5, 5.41) is 11.4. The fourth-order valence-corrected chi connectivity index (χ4v) is 1.95. The van der Waals surface area contributed by atoms with Crippen molar-refractivity contribution in [3.63, 3.8) is 0 Å². The molecule has 0 unspecified atom stereocenters. The molecule has 0 bridgehead atoms. The van der Waals surface area contributed by atoms with Gasteiger partial charge in [-0.25, -0.2) is 4.79 Å². The summed E-state index contributed by atoms with van der Waals surface area (Å²) in [6.45, 7) is 0.314. The highest BCUT2D eigenvalue weighted by Crippen LogP contribution is 2.28. The molecule has 1 aromatic rings. The molecule has 4 N–H and O–H groups in total. The summed E-state index contributed by atoms with van der Waals surface area (Å²) < 4.78 is 0. The molecule has 0 saturated heterocycles. The number of aliphatic hydroxyl groups excluding tert-OH is 1. The molecule has 0 aliphatic heterocycles. The molecule has 0 atom stereocenters. The average molecular weight is 263 g/mol. The number of aliphatic hydroxyl groups is 1. The molecule has 19 heavy (non-hydrogen) atoms. The molecular weight excluding hydrogens is 246 g/mol. The topological polar surface area (TPSA) is 95.7 Å². The number of hydrogen-bond donors (Lipinski definition) is 3. The summed E-state index contributed by atoms with van der Waals surface area (Å²) in [5.74, 6) is -0.0952. The van der Waals surface area contributed by atoms with Crippen molar-refractivity contribution >= 4 is 17.6 Å². The molecule has 0 heterocycles. The van der Waals surface area contributed by atoms with E-state index < -0.39 is 6.03 Å². The van der Waals surface area contributed by atoms with Gasteiger partial charge in [0, 0.05) is 23.8 Å². The number of rotatable bonds is 5. The van der Waals surface area contributed by atoms with Gasteiger partial charge in [-0.15, -0.1) is 0 Å². The minimum absolute atomic E-state index is 0.0381. The second kappa shape index (κ2) is 5.71. The molecule has 1 fully saturated rings. The largest absolute Gasteiger partial charge is 0.395 e. The molecule has 0 aromatic heterocycles. The zero-order chi connectivity index (χ0) is 13.8. The fourth-order valence-electron chi connectivity index (χ4n) is 1.95. The van der Waals surface area contributed by atoms with Gasteiger partial charge in [-0.2, -0.15) is 0 Å². The maximum atomic E-state index is 12.3. The number of carbonyl (C=O) groups is 2. The summed E-state index contributed by atoms with van der Waals surface area (Å²) in [4.78, 5) is 24.6. The number of nitrogens with one attached hydrogen (secondary N) is 1. The molecule has 1 saturated carbocycles. The van der Waals surface area contributed by atoms with Crippen molar-refractivity contribution in [1.82, 2.24) is 4.90 Å². The molecular formula is C13H17N3O3. The number of urea groups is 1. The number of carbonyl (C=O) groups excluding carboxylic acids is 2. The van der Waals surface area contributed by atoms with E-state index in [1.807, 2.05) is 0 Å². The normalized spacial score (nSPS) is 13.9. The Morgan fingerprint density at radius 3 is 2.42 bits per heavy atom. The molecule has 1 aliphatic rings. The zero-order valence-corrected chi connectivity index (χ0v) is 10.5. The quantitative estimate of drug-likeness (QED) is 0.732. The molecule has 2 rings (SSSR count). The van der Waals surface area contributed by atoms with Crippen LogP contribution < -0.4 is 11.1 Å². The highest BCUT2D eigenvalue weighted by Gasteiger charge is 2.32. The summed E-state index contributed by atoms with van der Waals surface area (Å²) >= 11 is 0. The Kier molecular flexibility index (Phi) is 4.01. The highest BCUT2D eigenvalue weighted by molar-refractivity contribution is 5.95. The van der Waals surface area contributed by atoms with Crippen LogP contribution in [0.4, 0.5) is 10.5 Å². The van der Waals surface area contributed by atoms with Gasteiger partial charge in [-0.1, -0.05) is 0 Å². The van der Waals surface area contributed by atoms with Crippen LogP contribution in [0.2, 0.25) is 0 Å². The second-order valence-electron chi connectivity index (χ2n) is 4.52. The SMILES string of the molecule is NC(=O)Nc1ccc(C(=O)N(CCO)C2CC2)cc1. The zero-order valence-electron chi connectivity index (χ0n) is 10.5. The molecule has 0 spiro atoms. The van der Waals surface area contributed by atoms with Crippen LogP contribution in [0, 0.1) is 0 Å². The van der Waals surface area contributed by atoms with E-state index in [2.05, 4.69) is 5.32 Å². The molecule has 3 amide bonds. The predicted molar refractivity (Wildman–Crippen MR) is 70.8 cm³/mol. The van der Waals surface area contributed by atoms with E-state index in [4.69, 9.17) is 10.8 Å². The number of benzene rings is 1. The number of nitrogens with zero attached hydrogens (tertiary/aromatic N) is 1. The van der Waals surface area contributed by atoms with Crippen LogP contribution in [0.5, 0.6) is 0 Å². The van der Waals surface area contributed by atoms with Gasteiger partial charge in [0.25, 0.3) is 5.91 Å². The van der Waals surface area contributed by atoms with E-state index in [0.717, 1.165) is 12.8 Å². The van der Waals surface area contributed by atoms with E-state index in [0.29, 0.717) is 17.8 Å². The van der Waals surface area contributed by atoms with Crippen LogP contribution in [0.25, 0.3) is 0 Å². The number of primary amides is 1. The van der Waals surface area contributed by atoms with Crippen molar-refractivity contribution in [3.05, 3.63) is 29.8 Å². The van der Waals surface area contributed by atoms with Gasteiger partial charge in [-0.05, 0) is 37.1 Å². The monoisotopic (exact) mass is 263 g/mol. The van der Waals surface area contributed by atoms with E-state index >= 15 is 0 Å². The number of hydrogen-bond acceptors (Lipinski definition) is 3. The van der Waals surface area contributed by atoms with E-state index in [9.17, 15) is 9.59 Å². The Morgan fingerprint density at radius 2 is 1.95 bits per heavy atom. The van der Waals surface area contributed by atoms with E-state index in [1.165, 1.54) is 0 Å². The lowest BCUT2D eigenvalue weighted by molar-refractivity contribution is 0.0707. The summed E-state index contributed by atoms with van der Waals surface area (Å²) in [7, 11) is 0. The number of nitrogens with two attached hydrogens (primary N) is 1. The first kappa shape index (κ1) is 13.4. The minimum Gasteiger partial charge on any atom is -0.395 e. The van der Waals surface area contributed by atoms with Gasteiger partial charge in [0.05, 0.1) is 6.61 Å². The van der Waals surface area contributed by atoms with Crippen molar-refractivity contribution < 1.29 is 14.7 Å². The first-order valence-corrected chi connectivity index (χ1v) is 6.20. The Balaban J connectivity index is 2.07. The lowest BCUT2D eigenvalue weighted by atomic mass is 10.1. The third kappa shape index (κ3) is 3.45. The lowest BCUT2D eigenvalue weighted by Crippen LogP contribution is -2.35. The van der Waals surface area contributed by atoms with Crippen molar-refractivity contribution in [2.24, 2.45) is 5.73 Å². The predicted octanol–water partition coefficient (Wildman–Crippen LogP) is 0.774. The van der Waals surface area contributed by atoms with Crippen LogP contribution in [-0.2, 0) is 0 Å². The van der Waals surface area contributed by atoms with Crippen LogP contribution in [0.3, 0.4) is 0 Å². The van der Waals surface area contributed by atoms with Gasteiger partial charge in [-0.3, -0.25) is 4.79 Å². The highest BCUT2D eigenvalue weighted by atomic mass is 16.3. The van der Waals surface area contributed by atoms with Crippen molar-refractivity contribution in [2.45, 2.75) is 18.9 Å². The summed E-state index contributed by atoms with van der Waals surface area (Å²) in [6.07, 6.45) is 1.99.